The molecule has 0 aliphatic rings. The van der Waals surface area contributed by atoms with Gasteiger partial charge in [0, 0.05) is 29.6 Å². The van der Waals surface area contributed by atoms with Crippen molar-refractivity contribution in [3.8, 4) is 5.75 Å². The van der Waals surface area contributed by atoms with Gasteiger partial charge in [0.1, 0.15) is 12.4 Å². The van der Waals surface area contributed by atoms with Crippen LogP contribution >= 0.6 is 22.9 Å². The molecule has 0 aliphatic heterocycles. The molecule has 3 rings (SSSR count). The van der Waals surface area contributed by atoms with E-state index in [1.165, 1.54) is 11.0 Å². The van der Waals surface area contributed by atoms with Gasteiger partial charge in [0.25, 0.3) is 0 Å². The summed E-state index contributed by atoms with van der Waals surface area (Å²) in [4.78, 5) is 30.7. The van der Waals surface area contributed by atoms with Gasteiger partial charge >= 0.3 is 0 Å². The molecule has 3 aromatic rings. The number of hydrogen-bond acceptors (Lipinski definition) is 5. The summed E-state index contributed by atoms with van der Waals surface area (Å²) in [7, 11) is 0. The Hall–Kier alpha value is -3.16. The number of hydrogen-bond donors (Lipinski definition) is 1. The van der Waals surface area contributed by atoms with Gasteiger partial charge < -0.3 is 15.0 Å². The molecule has 0 aliphatic carbocycles. The number of ether oxygens (including phenoxy) is 1. The molecule has 0 radical (unpaired) electrons. The Kier molecular flexibility index (Phi) is 9.04. The Morgan fingerprint density at radius 1 is 1.15 bits per heavy atom. The Balaban J connectivity index is 1.46. The predicted molar refractivity (Wildman–Crippen MR) is 132 cm³/mol. The number of halogens is 1. The maximum absolute atomic E-state index is 12.5. The first kappa shape index (κ1) is 24.5. The molecular weight excluding hydrogens is 458 g/mol. The number of nitrogens with zero attached hydrogens (tertiary/aromatic N) is 2. The third-order valence-corrected chi connectivity index (χ3v) is 5.86. The molecule has 33 heavy (non-hydrogen) atoms. The second-order valence-electron chi connectivity index (χ2n) is 7.30. The van der Waals surface area contributed by atoms with E-state index in [0.717, 1.165) is 27.6 Å². The van der Waals surface area contributed by atoms with Crippen LogP contribution in [0.4, 0.5) is 0 Å². The van der Waals surface area contributed by atoms with Gasteiger partial charge in [-0.2, -0.15) is 0 Å². The summed E-state index contributed by atoms with van der Waals surface area (Å²) >= 11 is 7.47. The molecular formula is C25H26ClN3O3S. The van der Waals surface area contributed by atoms with Crippen LogP contribution in [0.3, 0.4) is 0 Å². The highest BCUT2D eigenvalue weighted by Gasteiger charge is 2.13. The Morgan fingerprint density at radius 3 is 2.52 bits per heavy atom. The zero-order valence-electron chi connectivity index (χ0n) is 18.6. The molecule has 2 aromatic carbocycles. The molecule has 0 unspecified atom stereocenters. The maximum atomic E-state index is 12.5. The van der Waals surface area contributed by atoms with Crippen molar-refractivity contribution >= 4 is 40.8 Å². The average Bonchev–Trinajstić information content (AvgIpc) is 3.25. The standard InChI is InChI=1S/C25H26ClN3O3S/c1-3-29(15-24(30)27-14-20-4-9-21(26)10-5-20)25(31)13-8-19-6-11-23(12-7-19)32-16-22-17-33-18(2)28-22/h4-13,17H,3,14-16H2,1-2H3,(H,27,30)/b13-8+. The predicted octanol–water partition coefficient (Wildman–Crippen LogP) is 4.86. The zero-order valence-corrected chi connectivity index (χ0v) is 20.2. The summed E-state index contributed by atoms with van der Waals surface area (Å²) in [5, 5.41) is 6.47. The normalized spacial score (nSPS) is 10.9. The minimum atomic E-state index is -0.224. The molecule has 0 saturated heterocycles. The number of rotatable bonds is 10. The second kappa shape index (κ2) is 12.2. The van der Waals surface area contributed by atoms with Gasteiger partial charge in [0.05, 0.1) is 17.2 Å². The number of aromatic nitrogens is 1. The number of benzene rings is 2. The Labute approximate surface area is 202 Å². The molecule has 1 heterocycles. The van der Waals surface area contributed by atoms with Crippen LogP contribution in [0.25, 0.3) is 6.08 Å². The third-order valence-electron chi connectivity index (χ3n) is 4.78. The Morgan fingerprint density at radius 2 is 1.88 bits per heavy atom. The van der Waals surface area contributed by atoms with Crippen LogP contribution in [0.2, 0.25) is 5.02 Å². The number of nitrogens with one attached hydrogen (secondary N) is 1. The molecule has 1 N–H and O–H groups in total. The van der Waals surface area contributed by atoms with Crippen LogP contribution in [-0.4, -0.2) is 34.8 Å². The lowest BCUT2D eigenvalue weighted by Gasteiger charge is -2.18. The minimum absolute atomic E-state index is 0.00384. The highest BCUT2D eigenvalue weighted by molar-refractivity contribution is 7.09. The van der Waals surface area contributed by atoms with E-state index in [9.17, 15) is 9.59 Å². The van der Waals surface area contributed by atoms with E-state index >= 15 is 0 Å². The molecule has 0 bridgehead atoms. The van der Waals surface area contributed by atoms with Gasteiger partial charge in [0.2, 0.25) is 11.8 Å². The molecule has 0 spiro atoms. The summed E-state index contributed by atoms with van der Waals surface area (Å²) in [5.41, 5.74) is 2.71. The summed E-state index contributed by atoms with van der Waals surface area (Å²) in [5.74, 6) is 0.292. The van der Waals surface area contributed by atoms with Crippen molar-refractivity contribution < 1.29 is 14.3 Å². The van der Waals surface area contributed by atoms with Crippen molar-refractivity contribution in [3.63, 3.8) is 0 Å². The summed E-state index contributed by atoms with van der Waals surface area (Å²) in [6, 6.07) is 14.7. The summed E-state index contributed by atoms with van der Waals surface area (Å²) in [6.45, 7) is 5.03. The molecule has 0 fully saturated rings. The summed E-state index contributed by atoms with van der Waals surface area (Å²) in [6.07, 6.45) is 3.20. The third kappa shape index (κ3) is 8.04. The van der Waals surface area contributed by atoms with Crippen LogP contribution in [-0.2, 0) is 22.7 Å². The lowest BCUT2D eigenvalue weighted by molar-refractivity contribution is -0.132. The van der Waals surface area contributed by atoms with Crippen LogP contribution in [0, 0.1) is 6.92 Å². The van der Waals surface area contributed by atoms with E-state index in [4.69, 9.17) is 16.3 Å². The molecule has 0 saturated carbocycles. The van der Waals surface area contributed by atoms with Gasteiger partial charge in [-0.3, -0.25) is 9.59 Å². The number of likely N-dealkylation sites (N-methyl/N-ethyl adjacent to an activating group) is 1. The fraction of sp³-hybridized carbons (Fsp3) is 0.240. The number of thiazole rings is 1. The van der Waals surface area contributed by atoms with Gasteiger partial charge in [-0.25, -0.2) is 4.98 Å². The van der Waals surface area contributed by atoms with Gasteiger partial charge in [-0.15, -0.1) is 11.3 Å². The highest BCUT2D eigenvalue weighted by Crippen LogP contribution is 2.16. The Bertz CT molecular complexity index is 1090. The lowest BCUT2D eigenvalue weighted by Crippen LogP contribution is -2.39. The van der Waals surface area contributed by atoms with Crippen molar-refractivity contribution in [2.24, 2.45) is 0 Å². The van der Waals surface area contributed by atoms with Gasteiger partial charge in [-0.05, 0) is 55.3 Å². The smallest absolute Gasteiger partial charge is 0.247 e. The molecule has 2 amide bonds. The molecule has 172 valence electrons. The monoisotopic (exact) mass is 483 g/mol. The van der Waals surface area contributed by atoms with Crippen LogP contribution in [0.5, 0.6) is 5.75 Å². The molecule has 6 nitrogen and oxygen atoms in total. The van der Waals surface area contributed by atoms with Gasteiger partial charge in [0.15, 0.2) is 0 Å². The number of aryl methyl sites for hydroxylation is 1. The van der Waals surface area contributed by atoms with E-state index in [1.807, 2.05) is 55.6 Å². The first-order valence-electron chi connectivity index (χ1n) is 10.5. The number of carbonyl (C=O) groups is 2. The molecule has 8 heteroatoms. The average molecular weight is 484 g/mol. The van der Waals surface area contributed by atoms with E-state index < -0.39 is 0 Å². The SMILES string of the molecule is CCN(CC(=O)NCc1ccc(Cl)cc1)C(=O)/C=C/c1ccc(OCc2csc(C)n2)cc1. The van der Waals surface area contributed by atoms with Gasteiger partial charge in [-0.1, -0.05) is 35.9 Å². The van der Waals surface area contributed by atoms with Crippen molar-refractivity contribution in [3.05, 3.63) is 86.8 Å². The number of amides is 2. The first-order valence-corrected chi connectivity index (χ1v) is 11.8. The van der Waals surface area contributed by atoms with E-state index in [0.29, 0.717) is 24.7 Å². The quantitative estimate of drug-likeness (QED) is 0.418. The van der Waals surface area contributed by atoms with Crippen molar-refractivity contribution in [1.29, 1.82) is 0 Å². The van der Waals surface area contributed by atoms with E-state index in [-0.39, 0.29) is 18.4 Å². The first-order chi connectivity index (χ1) is 15.9. The second-order valence-corrected chi connectivity index (χ2v) is 8.80. The van der Waals surface area contributed by atoms with Crippen molar-refractivity contribution in [2.75, 3.05) is 13.1 Å². The van der Waals surface area contributed by atoms with E-state index in [2.05, 4.69) is 10.3 Å². The fourth-order valence-electron chi connectivity index (χ4n) is 2.96. The van der Waals surface area contributed by atoms with Crippen LogP contribution < -0.4 is 10.1 Å². The van der Waals surface area contributed by atoms with Crippen LogP contribution in [0.15, 0.2) is 60.0 Å². The van der Waals surface area contributed by atoms with Crippen LogP contribution in [0.1, 0.15) is 28.8 Å². The summed E-state index contributed by atoms with van der Waals surface area (Å²) < 4.78 is 5.74. The minimum Gasteiger partial charge on any atom is -0.487 e. The highest BCUT2D eigenvalue weighted by atomic mass is 35.5. The van der Waals surface area contributed by atoms with E-state index in [1.54, 1.807) is 29.5 Å². The lowest BCUT2D eigenvalue weighted by atomic mass is 10.2. The van der Waals surface area contributed by atoms with Crippen molar-refractivity contribution in [1.82, 2.24) is 15.2 Å². The maximum Gasteiger partial charge on any atom is 0.247 e. The zero-order chi connectivity index (χ0) is 23.6. The fourth-order valence-corrected chi connectivity index (χ4v) is 3.68. The molecule has 0 atom stereocenters. The topological polar surface area (TPSA) is 71.5 Å². The molecule has 1 aromatic heterocycles. The largest absolute Gasteiger partial charge is 0.487 e. The number of carbonyl (C=O) groups excluding carboxylic acids is 2. The van der Waals surface area contributed by atoms with Crippen molar-refractivity contribution in [2.45, 2.75) is 27.0 Å².